The summed E-state index contributed by atoms with van der Waals surface area (Å²) in [6.45, 7) is 5.60. The molecule has 4 rings (SSSR count). The monoisotopic (exact) mass is 481 g/mol. The number of fused-ring (bicyclic) bond motifs is 1. The van der Waals surface area contributed by atoms with Crippen LogP contribution in [-0.4, -0.2) is 36.3 Å². The molecule has 2 heterocycles. The van der Waals surface area contributed by atoms with Crippen LogP contribution in [0.3, 0.4) is 0 Å². The lowest BCUT2D eigenvalue weighted by molar-refractivity contribution is 0.0998. The highest BCUT2D eigenvalue weighted by molar-refractivity contribution is 7.89. The molecule has 1 fully saturated rings. The molecule has 0 atom stereocenters. The molecule has 2 aromatic carbocycles. The molecule has 0 radical (unpaired) electrons. The van der Waals surface area contributed by atoms with Gasteiger partial charge in [-0.05, 0) is 67.1 Å². The topological polar surface area (TPSA) is 71.7 Å². The minimum absolute atomic E-state index is 0.199. The van der Waals surface area contributed by atoms with Crippen molar-refractivity contribution in [3.8, 4) is 12.3 Å². The largest absolute Gasteiger partial charge is 0.305 e. The molecule has 8 heteroatoms. The Morgan fingerprint density at radius 2 is 1.88 bits per heavy atom. The van der Waals surface area contributed by atoms with Crippen LogP contribution in [0.5, 0.6) is 0 Å². The van der Waals surface area contributed by atoms with Gasteiger partial charge < -0.3 is 4.57 Å². The van der Waals surface area contributed by atoms with E-state index in [9.17, 15) is 13.2 Å². The first-order valence-corrected chi connectivity index (χ1v) is 13.3. The maximum Gasteiger partial charge on any atom is 0.279 e. The zero-order valence-corrected chi connectivity index (χ0v) is 20.5. The van der Waals surface area contributed by atoms with Gasteiger partial charge in [0.05, 0.1) is 21.7 Å². The van der Waals surface area contributed by atoms with Gasteiger partial charge in [-0.2, -0.15) is 9.30 Å². The van der Waals surface area contributed by atoms with Crippen molar-refractivity contribution < 1.29 is 13.2 Å². The molecule has 1 amide bonds. The molecule has 0 saturated carbocycles. The summed E-state index contributed by atoms with van der Waals surface area (Å²) in [6, 6.07) is 12.2. The Bertz CT molecular complexity index is 1390. The zero-order chi connectivity index (χ0) is 23.6. The van der Waals surface area contributed by atoms with Gasteiger partial charge in [0.15, 0.2) is 4.80 Å². The third-order valence-corrected chi connectivity index (χ3v) is 9.04. The van der Waals surface area contributed by atoms with E-state index in [1.165, 1.54) is 45.5 Å². The fraction of sp³-hybridized carbons (Fsp3) is 0.360. The Labute approximate surface area is 198 Å². The highest BCUT2D eigenvalue weighted by atomic mass is 32.2. The van der Waals surface area contributed by atoms with Gasteiger partial charge in [-0.1, -0.05) is 37.2 Å². The SMILES string of the molecule is C#CCn1c(=NC(=O)c2ccc(S(=O)(=O)N3CCC(C)CC3)cc2)sc2cc(CC)ccc21. The van der Waals surface area contributed by atoms with Crippen molar-refractivity contribution in [2.24, 2.45) is 10.9 Å². The Hall–Kier alpha value is -2.73. The molecule has 3 aromatic rings. The maximum atomic E-state index is 12.9. The minimum Gasteiger partial charge on any atom is -0.305 e. The number of amides is 1. The summed E-state index contributed by atoms with van der Waals surface area (Å²) in [7, 11) is -3.56. The van der Waals surface area contributed by atoms with Gasteiger partial charge in [0, 0.05) is 18.7 Å². The Kier molecular flexibility index (Phi) is 6.84. The number of terminal acetylenes is 1. The van der Waals surface area contributed by atoms with Crippen LogP contribution >= 0.6 is 11.3 Å². The van der Waals surface area contributed by atoms with Crippen LogP contribution in [0.2, 0.25) is 0 Å². The number of aromatic nitrogens is 1. The third-order valence-electron chi connectivity index (χ3n) is 6.08. The average molecular weight is 482 g/mol. The summed E-state index contributed by atoms with van der Waals surface area (Å²) in [4.78, 5) is 17.9. The van der Waals surface area contributed by atoms with Crippen LogP contribution in [0.4, 0.5) is 0 Å². The molecular formula is C25H27N3O3S2. The van der Waals surface area contributed by atoms with E-state index in [0.29, 0.717) is 35.9 Å². The second kappa shape index (κ2) is 9.64. The van der Waals surface area contributed by atoms with Gasteiger partial charge in [0.25, 0.3) is 5.91 Å². The Balaban J connectivity index is 1.63. The van der Waals surface area contributed by atoms with E-state index < -0.39 is 15.9 Å². The summed E-state index contributed by atoms with van der Waals surface area (Å²) in [6.07, 6.45) is 8.19. The van der Waals surface area contributed by atoms with Gasteiger partial charge >= 0.3 is 0 Å². The van der Waals surface area contributed by atoms with Crippen molar-refractivity contribution in [3.05, 3.63) is 58.4 Å². The van der Waals surface area contributed by atoms with Gasteiger partial charge in [0.1, 0.15) is 0 Å². The van der Waals surface area contributed by atoms with Gasteiger partial charge in [-0.15, -0.1) is 6.42 Å². The number of benzene rings is 2. The lowest BCUT2D eigenvalue weighted by atomic mass is 10.0. The summed E-state index contributed by atoms with van der Waals surface area (Å²) in [5.74, 6) is 2.74. The summed E-state index contributed by atoms with van der Waals surface area (Å²) >= 11 is 1.42. The molecule has 6 nitrogen and oxygen atoms in total. The molecule has 0 N–H and O–H groups in total. The van der Waals surface area contributed by atoms with Crippen molar-refractivity contribution in [2.75, 3.05) is 13.1 Å². The fourth-order valence-electron chi connectivity index (χ4n) is 3.96. The second-order valence-corrected chi connectivity index (χ2v) is 11.3. The second-order valence-electron chi connectivity index (χ2n) is 8.36. The number of hydrogen-bond acceptors (Lipinski definition) is 4. The Morgan fingerprint density at radius 3 is 2.52 bits per heavy atom. The Morgan fingerprint density at radius 1 is 1.18 bits per heavy atom. The molecule has 0 spiro atoms. The first-order valence-electron chi connectivity index (χ1n) is 11.1. The van der Waals surface area contributed by atoms with E-state index in [0.717, 1.165) is 29.5 Å². The molecule has 0 aliphatic carbocycles. The number of carbonyl (C=O) groups is 1. The molecule has 0 unspecified atom stereocenters. The minimum atomic E-state index is -3.56. The number of aryl methyl sites for hydroxylation is 1. The highest BCUT2D eigenvalue weighted by Crippen LogP contribution is 2.24. The third kappa shape index (κ3) is 4.81. The molecule has 172 valence electrons. The van der Waals surface area contributed by atoms with Gasteiger partial charge in [-0.3, -0.25) is 4.79 Å². The summed E-state index contributed by atoms with van der Waals surface area (Å²) < 4.78 is 30.3. The molecule has 1 saturated heterocycles. The van der Waals surface area contributed by atoms with Crippen LogP contribution in [0.25, 0.3) is 10.2 Å². The lowest BCUT2D eigenvalue weighted by Crippen LogP contribution is -2.37. The van der Waals surface area contributed by atoms with E-state index in [1.54, 1.807) is 0 Å². The molecule has 1 aliphatic heterocycles. The highest BCUT2D eigenvalue weighted by Gasteiger charge is 2.28. The van der Waals surface area contributed by atoms with Crippen LogP contribution in [0.15, 0.2) is 52.4 Å². The molecule has 0 bridgehead atoms. The lowest BCUT2D eigenvalue weighted by Gasteiger charge is -2.29. The van der Waals surface area contributed by atoms with E-state index in [4.69, 9.17) is 6.42 Å². The molecule has 1 aromatic heterocycles. The average Bonchev–Trinajstić information content (AvgIpc) is 3.15. The van der Waals surface area contributed by atoms with E-state index in [2.05, 4.69) is 36.9 Å². The first kappa shape index (κ1) is 23.4. The van der Waals surface area contributed by atoms with Crippen molar-refractivity contribution in [3.63, 3.8) is 0 Å². The quantitative estimate of drug-likeness (QED) is 0.516. The summed E-state index contributed by atoms with van der Waals surface area (Å²) in [5.41, 5.74) is 2.48. The predicted molar refractivity (Wildman–Crippen MR) is 132 cm³/mol. The van der Waals surface area contributed by atoms with Crippen LogP contribution in [0.1, 0.15) is 42.6 Å². The fourth-order valence-corrected chi connectivity index (χ4v) is 6.52. The summed E-state index contributed by atoms with van der Waals surface area (Å²) in [5, 5.41) is 0. The molecule has 33 heavy (non-hydrogen) atoms. The molecular weight excluding hydrogens is 454 g/mol. The first-order chi connectivity index (χ1) is 15.8. The standard InChI is InChI=1S/C25H27N3O3S2/c1-4-14-28-22-11-6-19(5-2)17-23(22)32-25(28)26-24(29)20-7-9-21(10-8-20)33(30,31)27-15-12-18(3)13-16-27/h1,6-11,17-18H,5,12-16H2,2-3H3. The number of rotatable bonds is 5. The number of sulfonamides is 1. The van der Waals surface area contributed by atoms with Crippen molar-refractivity contribution in [1.82, 2.24) is 8.87 Å². The van der Waals surface area contributed by atoms with Crippen LogP contribution in [-0.2, 0) is 23.0 Å². The van der Waals surface area contributed by atoms with Gasteiger partial charge in [-0.25, -0.2) is 8.42 Å². The van der Waals surface area contributed by atoms with Crippen molar-refractivity contribution >= 4 is 37.5 Å². The predicted octanol–water partition coefficient (Wildman–Crippen LogP) is 4.06. The van der Waals surface area contributed by atoms with Crippen LogP contribution in [0, 0.1) is 18.3 Å². The number of nitrogens with zero attached hydrogens (tertiary/aromatic N) is 3. The number of piperidine rings is 1. The number of thiazole rings is 1. The van der Waals surface area contributed by atoms with Crippen molar-refractivity contribution in [2.45, 2.75) is 44.6 Å². The smallest absolute Gasteiger partial charge is 0.279 e. The van der Waals surface area contributed by atoms with Crippen LogP contribution < -0.4 is 4.80 Å². The van der Waals surface area contributed by atoms with E-state index in [-0.39, 0.29) is 4.90 Å². The maximum absolute atomic E-state index is 12.9. The van der Waals surface area contributed by atoms with E-state index >= 15 is 0 Å². The number of carbonyl (C=O) groups excluding carboxylic acids is 1. The van der Waals surface area contributed by atoms with E-state index in [1.807, 2.05) is 10.6 Å². The number of hydrogen-bond donors (Lipinski definition) is 0. The van der Waals surface area contributed by atoms with Gasteiger partial charge in [0.2, 0.25) is 10.0 Å². The zero-order valence-electron chi connectivity index (χ0n) is 18.8. The molecule has 1 aliphatic rings. The normalized spacial score (nSPS) is 16.2. The van der Waals surface area contributed by atoms with Crippen molar-refractivity contribution in [1.29, 1.82) is 0 Å².